The molecular formula is C20H16N2O4S. The lowest BCUT2D eigenvalue weighted by Crippen LogP contribution is -2.23. The highest BCUT2D eigenvalue weighted by Gasteiger charge is 2.26. The van der Waals surface area contributed by atoms with Crippen LogP contribution in [-0.2, 0) is 9.84 Å². The number of nitrogens with one attached hydrogen (secondary N) is 2. The quantitative estimate of drug-likeness (QED) is 0.558. The number of H-pyrrole nitrogens is 2. The highest BCUT2D eigenvalue weighted by atomic mass is 32.2. The summed E-state index contributed by atoms with van der Waals surface area (Å²) >= 11 is 0. The van der Waals surface area contributed by atoms with E-state index in [1.54, 1.807) is 24.3 Å². The maximum atomic E-state index is 13.1. The van der Waals surface area contributed by atoms with E-state index >= 15 is 0 Å². The van der Waals surface area contributed by atoms with Crippen LogP contribution in [0.1, 0.15) is 11.1 Å². The number of hydrogen-bond acceptors (Lipinski definition) is 4. The van der Waals surface area contributed by atoms with Crippen LogP contribution in [0, 0.1) is 13.8 Å². The van der Waals surface area contributed by atoms with Crippen molar-refractivity contribution in [1.82, 2.24) is 9.97 Å². The van der Waals surface area contributed by atoms with Crippen LogP contribution in [0.3, 0.4) is 0 Å². The summed E-state index contributed by atoms with van der Waals surface area (Å²) in [5, 5.41) is 1.23. The van der Waals surface area contributed by atoms with E-state index in [0.29, 0.717) is 21.8 Å². The Kier molecular flexibility index (Phi) is 3.78. The lowest BCUT2D eigenvalue weighted by Gasteiger charge is -2.08. The van der Waals surface area contributed by atoms with Gasteiger partial charge in [0.25, 0.3) is 11.1 Å². The fourth-order valence-corrected chi connectivity index (χ4v) is 4.61. The fourth-order valence-electron chi connectivity index (χ4n) is 3.24. The molecule has 2 aromatic carbocycles. The largest absolute Gasteiger partial charge is 0.321 e. The van der Waals surface area contributed by atoms with E-state index in [1.165, 1.54) is 12.1 Å². The number of aryl methyl sites for hydroxylation is 2. The van der Waals surface area contributed by atoms with Crippen LogP contribution < -0.4 is 11.1 Å². The average molecular weight is 380 g/mol. The highest BCUT2D eigenvalue weighted by Crippen LogP contribution is 2.23. The first kappa shape index (κ1) is 17.2. The maximum absolute atomic E-state index is 13.1. The number of aromatic amines is 2. The molecule has 4 aromatic rings. The summed E-state index contributed by atoms with van der Waals surface area (Å²) in [7, 11) is -4.30. The summed E-state index contributed by atoms with van der Waals surface area (Å²) in [6, 6.07) is 13.3. The Morgan fingerprint density at radius 3 is 1.52 bits per heavy atom. The minimum atomic E-state index is -4.30. The number of benzene rings is 2. The first-order chi connectivity index (χ1) is 12.8. The van der Waals surface area contributed by atoms with Crippen molar-refractivity contribution in [2.24, 2.45) is 0 Å². The van der Waals surface area contributed by atoms with Crippen LogP contribution in [0.25, 0.3) is 21.8 Å². The van der Waals surface area contributed by atoms with Gasteiger partial charge in [-0.1, -0.05) is 24.3 Å². The van der Waals surface area contributed by atoms with E-state index < -0.39 is 30.7 Å². The Morgan fingerprint density at radius 2 is 1.11 bits per heavy atom. The summed E-state index contributed by atoms with van der Waals surface area (Å²) in [5.41, 5.74) is 1.23. The third kappa shape index (κ3) is 2.67. The van der Waals surface area contributed by atoms with E-state index in [4.69, 9.17) is 0 Å². The smallest absolute Gasteiger partial charge is 0.267 e. The van der Waals surface area contributed by atoms with Gasteiger partial charge in [-0.3, -0.25) is 9.59 Å². The lowest BCUT2D eigenvalue weighted by molar-refractivity contribution is 0.594. The second kappa shape index (κ2) is 5.92. The summed E-state index contributed by atoms with van der Waals surface area (Å²) in [4.78, 5) is 29.2. The molecule has 0 aliphatic carbocycles. The zero-order valence-electron chi connectivity index (χ0n) is 14.7. The summed E-state index contributed by atoms with van der Waals surface area (Å²) in [6.45, 7) is 3.65. The van der Waals surface area contributed by atoms with Crippen LogP contribution in [0.15, 0.2) is 67.9 Å². The van der Waals surface area contributed by atoms with Crippen molar-refractivity contribution in [3.8, 4) is 0 Å². The molecule has 0 radical (unpaired) electrons. The van der Waals surface area contributed by atoms with Crippen LogP contribution in [0.4, 0.5) is 0 Å². The van der Waals surface area contributed by atoms with Gasteiger partial charge in [-0.15, -0.1) is 0 Å². The number of hydrogen-bond donors (Lipinski definition) is 2. The molecule has 0 bridgehead atoms. The van der Waals surface area contributed by atoms with Gasteiger partial charge in [0, 0.05) is 21.8 Å². The maximum Gasteiger partial charge on any atom is 0.267 e. The number of aromatic nitrogens is 2. The van der Waals surface area contributed by atoms with Crippen molar-refractivity contribution in [3.05, 3.63) is 80.4 Å². The third-order valence-corrected chi connectivity index (χ3v) is 6.49. The highest BCUT2D eigenvalue weighted by molar-refractivity contribution is 7.91. The molecule has 0 saturated heterocycles. The van der Waals surface area contributed by atoms with Crippen molar-refractivity contribution in [2.45, 2.75) is 23.6 Å². The van der Waals surface area contributed by atoms with Crippen molar-refractivity contribution in [1.29, 1.82) is 0 Å². The fraction of sp³-hybridized carbons (Fsp3) is 0.100. The minimum absolute atomic E-state index is 0.442. The molecule has 136 valence electrons. The molecule has 0 spiro atoms. The Balaban J connectivity index is 2.05. The first-order valence-corrected chi connectivity index (χ1v) is 9.78. The van der Waals surface area contributed by atoms with Gasteiger partial charge >= 0.3 is 0 Å². The second-order valence-electron chi connectivity index (χ2n) is 6.50. The summed E-state index contributed by atoms with van der Waals surface area (Å²) < 4.78 is 26.3. The molecule has 0 aliphatic rings. The molecule has 0 unspecified atom stereocenters. The summed E-state index contributed by atoms with van der Waals surface area (Å²) in [5.74, 6) is 0. The zero-order valence-corrected chi connectivity index (χ0v) is 15.5. The van der Waals surface area contributed by atoms with Crippen LogP contribution in [0.5, 0.6) is 0 Å². The third-order valence-electron chi connectivity index (χ3n) is 4.72. The zero-order chi connectivity index (χ0) is 19.3. The van der Waals surface area contributed by atoms with Gasteiger partial charge in [-0.05, 0) is 49.2 Å². The predicted octanol–water partition coefficient (Wildman–Crippen LogP) is 2.82. The number of fused-ring (bicyclic) bond motifs is 2. The standard InChI is InChI=1S/C20H16N2O4S/c1-11-5-3-7-15-13(11)9-17(19(23)21-15)27(25,26)18-10-14-12(2)6-4-8-16(14)22-20(18)24/h3-10H,1-2H3,(H,21,23)(H,22,24). The molecule has 2 N–H and O–H groups in total. The average Bonchev–Trinajstić information content (AvgIpc) is 2.61. The van der Waals surface area contributed by atoms with Gasteiger partial charge in [0.2, 0.25) is 9.84 Å². The van der Waals surface area contributed by atoms with E-state index in [9.17, 15) is 18.0 Å². The lowest BCUT2D eigenvalue weighted by atomic mass is 10.1. The summed E-state index contributed by atoms with van der Waals surface area (Å²) in [6.07, 6.45) is 0. The molecule has 2 heterocycles. The van der Waals surface area contributed by atoms with Gasteiger partial charge in [0.15, 0.2) is 0 Å². The van der Waals surface area contributed by atoms with E-state index in [1.807, 2.05) is 26.0 Å². The van der Waals surface area contributed by atoms with Gasteiger partial charge in [-0.25, -0.2) is 8.42 Å². The van der Waals surface area contributed by atoms with Gasteiger partial charge in [-0.2, -0.15) is 0 Å². The van der Waals surface area contributed by atoms with Crippen molar-refractivity contribution in [2.75, 3.05) is 0 Å². The monoisotopic (exact) mass is 380 g/mol. The number of sulfone groups is 1. The molecule has 0 fully saturated rings. The molecule has 0 aliphatic heterocycles. The molecule has 0 saturated carbocycles. The molecule has 0 atom stereocenters. The van der Waals surface area contributed by atoms with Crippen molar-refractivity contribution in [3.63, 3.8) is 0 Å². The van der Waals surface area contributed by atoms with Crippen LogP contribution >= 0.6 is 0 Å². The number of rotatable bonds is 2. The second-order valence-corrected chi connectivity index (χ2v) is 8.39. The Bertz CT molecular complexity index is 1340. The van der Waals surface area contributed by atoms with Crippen molar-refractivity contribution >= 4 is 31.6 Å². The molecule has 0 amide bonds. The van der Waals surface area contributed by atoms with E-state index in [2.05, 4.69) is 9.97 Å². The Labute approximate surface area is 154 Å². The molecule has 7 heteroatoms. The van der Waals surface area contributed by atoms with Crippen LogP contribution in [-0.4, -0.2) is 18.4 Å². The number of pyridine rings is 2. The molecule has 27 heavy (non-hydrogen) atoms. The van der Waals surface area contributed by atoms with E-state index in [0.717, 1.165) is 11.1 Å². The molecule has 6 nitrogen and oxygen atoms in total. The first-order valence-electron chi connectivity index (χ1n) is 8.29. The van der Waals surface area contributed by atoms with Gasteiger partial charge in [0.05, 0.1) is 0 Å². The normalized spacial score (nSPS) is 11.9. The van der Waals surface area contributed by atoms with Crippen LogP contribution in [0.2, 0.25) is 0 Å². The topological polar surface area (TPSA) is 99.9 Å². The Hall–Kier alpha value is -3.19. The van der Waals surface area contributed by atoms with Gasteiger partial charge < -0.3 is 9.97 Å². The molecular weight excluding hydrogens is 364 g/mol. The van der Waals surface area contributed by atoms with E-state index in [-0.39, 0.29) is 0 Å². The SMILES string of the molecule is Cc1cccc2[nH]c(=O)c(S(=O)(=O)c3cc4c(C)cccc4[nH]c3=O)cc12. The van der Waals surface area contributed by atoms with Gasteiger partial charge in [0.1, 0.15) is 9.79 Å². The molecule has 2 aromatic heterocycles. The molecule has 4 rings (SSSR count). The minimum Gasteiger partial charge on any atom is -0.321 e. The van der Waals surface area contributed by atoms with Crippen molar-refractivity contribution < 1.29 is 8.42 Å². The Morgan fingerprint density at radius 1 is 0.704 bits per heavy atom. The predicted molar refractivity (Wildman–Crippen MR) is 104 cm³/mol.